The van der Waals surface area contributed by atoms with Gasteiger partial charge in [0.2, 0.25) is 5.91 Å². The number of para-hydroxylation sites is 1. The Labute approximate surface area is 125 Å². The minimum atomic E-state index is -0.0134. The number of carbonyl (C=O) groups excluding carboxylic acids is 1. The summed E-state index contributed by atoms with van der Waals surface area (Å²) in [5, 5.41) is 3.68. The van der Waals surface area contributed by atoms with Gasteiger partial charge in [-0.15, -0.1) is 0 Å². The minimum absolute atomic E-state index is 0.0134. The van der Waals surface area contributed by atoms with E-state index in [-0.39, 0.29) is 11.9 Å². The standard InChI is InChI=1S/C15H21ClN2O2/c1-3-18(4-2)10-14(19)17-13-8-9-20-15-11(13)6-5-7-12(15)16/h5-7,13H,3-4,8-10H2,1-2H3,(H,17,19)/t13-/m0/s1. The number of nitrogens with zero attached hydrogens (tertiary/aromatic N) is 1. The summed E-state index contributed by atoms with van der Waals surface area (Å²) in [6.07, 6.45) is 0.775. The van der Waals surface area contributed by atoms with Crippen LogP contribution in [-0.2, 0) is 4.79 Å². The smallest absolute Gasteiger partial charge is 0.234 e. The van der Waals surface area contributed by atoms with Crippen LogP contribution in [0.25, 0.3) is 0 Å². The zero-order chi connectivity index (χ0) is 14.5. The van der Waals surface area contributed by atoms with Gasteiger partial charge in [-0.3, -0.25) is 9.69 Å². The van der Waals surface area contributed by atoms with E-state index in [4.69, 9.17) is 16.3 Å². The number of ether oxygens (including phenoxy) is 1. The third-order valence-electron chi connectivity index (χ3n) is 3.62. The second-order valence-corrected chi connectivity index (χ2v) is 5.28. The maximum Gasteiger partial charge on any atom is 0.234 e. The van der Waals surface area contributed by atoms with Crippen molar-refractivity contribution in [2.45, 2.75) is 26.3 Å². The number of hydrogen-bond donors (Lipinski definition) is 1. The highest BCUT2D eigenvalue weighted by Gasteiger charge is 2.24. The van der Waals surface area contributed by atoms with E-state index in [2.05, 4.69) is 24.1 Å². The molecule has 0 saturated carbocycles. The summed E-state index contributed by atoms with van der Waals surface area (Å²) < 4.78 is 5.60. The fourth-order valence-corrected chi connectivity index (χ4v) is 2.66. The van der Waals surface area contributed by atoms with Crippen molar-refractivity contribution in [3.05, 3.63) is 28.8 Å². The number of hydrogen-bond acceptors (Lipinski definition) is 3. The van der Waals surface area contributed by atoms with Crippen LogP contribution in [0.2, 0.25) is 5.02 Å². The van der Waals surface area contributed by atoms with Crippen LogP contribution >= 0.6 is 11.6 Å². The van der Waals surface area contributed by atoms with Gasteiger partial charge in [0.05, 0.1) is 24.2 Å². The van der Waals surface area contributed by atoms with Crippen molar-refractivity contribution in [2.75, 3.05) is 26.2 Å². The predicted octanol–water partition coefficient (Wildman–Crippen LogP) is 2.62. The Morgan fingerprint density at radius 1 is 1.45 bits per heavy atom. The second-order valence-electron chi connectivity index (χ2n) is 4.88. The Morgan fingerprint density at radius 3 is 2.90 bits per heavy atom. The van der Waals surface area contributed by atoms with E-state index in [9.17, 15) is 4.79 Å². The first-order valence-corrected chi connectivity index (χ1v) is 7.46. The summed E-state index contributed by atoms with van der Waals surface area (Å²) in [4.78, 5) is 14.2. The van der Waals surface area contributed by atoms with Gasteiger partial charge in [0.25, 0.3) is 0 Å². The molecule has 20 heavy (non-hydrogen) atoms. The van der Waals surface area contributed by atoms with Gasteiger partial charge >= 0.3 is 0 Å². The van der Waals surface area contributed by atoms with Gasteiger partial charge in [0.15, 0.2) is 0 Å². The summed E-state index contributed by atoms with van der Waals surface area (Å²) in [7, 11) is 0. The van der Waals surface area contributed by atoms with Gasteiger partial charge < -0.3 is 10.1 Å². The SMILES string of the molecule is CCN(CC)CC(=O)N[C@H]1CCOc2c(Cl)cccc21. The average molecular weight is 297 g/mol. The van der Waals surface area contributed by atoms with Crippen LogP contribution in [0.3, 0.4) is 0 Å². The van der Waals surface area contributed by atoms with Gasteiger partial charge in [-0.05, 0) is 19.2 Å². The van der Waals surface area contributed by atoms with Gasteiger partial charge in [0, 0.05) is 12.0 Å². The quantitative estimate of drug-likeness (QED) is 0.908. The van der Waals surface area contributed by atoms with Crippen molar-refractivity contribution >= 4 is 17.5 Å². The lowest BCUT2D eigenvalue weighted by atomic mass is 10.0. The van der Waals surface area contributed by atoms with Crippen LogP contribution in [-0.4, -0.2) is 37.0 Å². The van der Waals surface area contributed by atoms with Crippen LogP contribution in [0.4, 0.5) is 0 Å². The van der Waals surface area contributed by atoms with Gasteiger partial charge in [-0.2, -0.15) is 0 Å². The minimum Gasteiger partial charge on any atom is -0.492 e. The Bertz CT molecular complexity index is 475. The van der Waals surface area contributed by atoms with Gasteiger partial charge in [-0.25, -0.2) is 0 Å². The van der Waals surface area contributed by atoms with Crippen LogP contribution in [0.1, 0.15) is 31.9 Å². The number of rotatable bonds is 5. The fourth-order valence-electron chi connectivity index (χ4n) is 2.43. The molecule has 110 valence electrons. The van der Waals surface area contributed by atoms with Crippen molar-refractivity contribution in [3.8, 4) is 5.75 Å². The molecular formula is C15H21ClN2O2. The molecule has 0 radical (unpaired) electrons. The maximum absolute atomic E-state index is 12.1. The molecule has 5 heteroatoms. The molecule has 0 fully saturated rings. The first-order chi connectivity index (χ1) is 9.65. The number of amides is 1. The van der Waals surface area contributed by atoms with Crippen molar-refractivity contribution in [1.82, 2.24) is 10.2 Å². The predicted molar refractivity (Wildman–Crippen MR) is 80.2 cm³/mol. The monoisotopic (exact) mass is 296 g/mol. The molecule has 0 saturated heterocycles. The molecule has 1 aromatic rings. The highest BCUT2D eigenvalue weighted by molar-refractivity contribution is 6.32. The summed E-state index contributed by atoms with van der Waals surface area (Å²) in [5.41, 5.74) is 0.969. The van der Waals surface area contributed by atoms with E-state index in [1.54, 1.807) is 6.07 Å². The highest BCUT2D eigenvalue weighted by Crippen LogP contribution is 2.37. The molecule has 2 rings (SSSR count). The summed E-state index contributed by atoms with van der Waals surface area (Å²) >= 11 is 6.13. The fraction of sp³-hybridized carbons (Fsp3) is 0.533. The highest BCUT2D eigenvalue weighted by atomic mass is 35.5. The number of fused-ring (bicyclic) bond motifs is 1. The maximum atomic E-state index is 12.1. The first-order valence-electron chi connectivity index (χ1n) is 7.08. The van der Waals surface area contributed by atoms with Crippen molar-refractivity contribution in [1.29, 1.82) is 0 Å². The van der Waals surface area contributed by atoms with E-state index in [1.807, 2.05) is 12.1 Å². The summed E-state index contributed by atoms with van der Waals surface area (Å²) in [6.45, 7) is 6.87. The number of halogens is 1. The van der Waals surface area contributed by atoms with Crippen molar-refractivity contribution in [3.63, 3.8) is 0 Å². The molecule has 1 amide bonds. The Kier molecular flexibility index (Phi) is 5.26. The lowest BCUT2D eigenvalue weighted by molar-refractivity contribution is -0.123. The number of benzene rings is 1. The third kappa shape index (κ3) is 3.44. The van der Waals surface area contributed by atoms with Crippen molar-refractivity contribution < 1.29 is 9.53 Å². The second kappa shape index (κ2) is 6.95. The molecule has 0 bridgehead atoms. The molecule has 0 aliphatic carbocycles. The molecule has 1 aromatic carbocycles. The van der Waals surface area contributed by atoms with Crippen molar-refractivity contribution in [2.24, 2.45) is 0 Å². The molecule has 1 heterocycles. The topological polar surface area (TPSA) is 41.6 Å². The summed E-state index contributed by atoms with van der Waals surface area (Å²) in [5.74, 6) is 0.750. The largest absolute Gasteiger partial charge is 0.492 e. The van der Waals surface area contributed by atoms with E-state index >= 15 is 0 Å². The van der Waals surface area contributed by atoms with E-state index < -0.39 is 0 Å². The Hall–Kier alpha value is -1.26. The molecule has 0 spiro atoms. The van der Waals surface area contributed by atoms with Crippen LogP contribution in [0.15, 0.2) is 18.2 Å². The normalized spacial score (nSPS) is 17.5. The lowest BCUT2D eigenvalue weighted by Gasteiger charge is -2.28. The Morgan fingerprint density at radius 2 is 2.20 bits per heavy atom. The molecule has 0 aromatic heterocycles. The molecule has 1 aliphatic heterocycles. The van der Waals surface area contributed by atoms with E-state index in [0.717, 1.165) is 25.1 Å². The molecule has 1 atom stereocenters. The Balaban J connectivity index is 2.05. The zero-order valence-electron chi connectivity index (χ0n) is 12.0. The number of likely N-dealkylation sites (N-methyl/N-ethyl adjacent to an activating group) is 1. The van der Waals surface area contributed by atoms with Crippen LogP contribution in [0, 0.1) is 0 Å². The summed E-state index contributed by atoms with van der Waals surface area (Å²) in [6, 6.07) is 5.64. The molecule has 4 nitrogen and oxygen atoms in total. The lowest BCUT2D eigenvalue weighted by Crippen LogP contribution is -2.40. The van der Waals surface area contributed by atoms with Gasteiger partial charge in [0.1, 0.15) is 5.75 Å². The zero-order valence-corrected chi connectivity index (χ0v) is 12.7. The average Bonchev–Trinajstić information content (AvgIpc) is 2.46. The molecule has 1 aliphatic rings. The molecule has 0 unspecified atom stereocenters. The van der Waals surface area contributed by atoms with Crippen LogP contribution in [0.5, 0.6) is 5.75 Å². The molecular weight excluding hydrogens is 276 g/mol. The number of carbonyl (C=O) groups is 1. The van der Waals surface area contributed by atoms with E-state index in [0.29, 0.717) is 23.9 Å². The first kappa shape index (κ1) is 15.1. The van der Waals surface area contributed by atoms with E-state index in [1.165, 1.54) is 0 Å². The van der Waals surface area contributed by atoms with Gasteiger partial charge in [-0.1, -0.05) is 37.6 Å². The molecule has 1 N–H and O–H groups in total. The number of nitrogens with one attached hydrogen (secondary N) is 1. The van der Waals surface area contributed by atoms with Crippen LogP contribution < -0.4 is 10.1 Å². The third-order valence-corrected chi connectivity index (χ3v) is 3.92.